The summed E-state index contributed by atoms with van der Waals surface area (Å²) in [6.45, 7) is 5.62. The molecule has 1 heterocycles. The summed E-state index contributed by atoms with van der Waals surface area (Å²) in [6.07, 6.45) is 0. The molecule has 1 aliphatic rings. The van der Waals surface area contributed by atoms with Gasteiger partial charge in [0.15, 0.2) is 0 Å². The molecule has 3 aromatic carbocycles. The molecule has 0 saturated carbocycles. The smallest absolute Gasteiger partial charge is 0.221 e. The van der Waals surface area contributed by atoms with Crippen LogP contribution in [0.25, 0.3) is 22.3 Å². The van der Waals surface area contributed by atoms with Crippen molar-refractivity contribution >= 4 is 17.3 Å². The first kappa shape index (κ1) is 23.5. The SMILES string of the molecule is CC(=O)Nc1ccc(-c2cccc(-c3cc(OCCN)cc(N4CCNCC4)c3)c2O)cc1F. The van der Waals surface area contributed by atoms with Gasteiger partial charge in [-0.1, -0.05) is 24.3 Å². The molecule has 7 nitrogen and oxygen atoms in total. The van der Waals surface area contributed by atoms with Crippen LogP contribution in [0.15, 0.2) is 54.6 Å². The number of amides is 1. The Morgan fingerprint density at radius 1 is 1.12 bits per heavy atom. The zero-order valence-corrected chi connectivity index (χ0v) is 19.1. The molecule has 0 bridgehead atoms. The van der Waals surface area contributed by atoms with Crippen LogP contribution in [-0.2, 0) is 4.79 Å². The number of carbonyl (C=O) groups is 1. The molecular formula is C26H29FN4O3. The van der Waals surface area contributed by atoms with Gasteiger partial charge in [0.2, 0.25) is 5.91 Å². The molecule has 1 aliphatic heterocycles. The van der Waals surface area contributed by atoms with Crippen molar-refractivity contribution in [1.29, 1.82) is 0 Å². The number of phenols is 1. The molecule has 8 heteroatoms. The van der Waals surface area contributed by atoms with E-state index >= 15 is 0 Å². The summed E-state index contributed by atoms with van der Waals surface area (Å²) in [6, 6.07) is 15.7. The minimum atomic E-state index is -0.573. The quantitative estimate of drug-likeness (QED) is 0.427. The van der Waals surface area contributed by atoms with Crippen LogP contribution in [0.5, 0.6) is 11.5 Å². The Labute approximate surface area is 198 Å². The molecular weight excluding hydrogens is 435 g/mol. The Kier molecular flexibility index (Phi) is 7.30. The lowest BCUT2D eigenvalue weighted by Crippen LogP contribution is -2.43. The Hall–Kier alpha value is -3.62. The predicted octanol–water partition coefficient (Wildman–Crippen LogP) is 3.57. The standard InChI is InChI=1S/C26H29FN4O3/c1-17(32)30-25-6-5-18(15-24(25)27)22-3-2-4-23(26(22)33)19-13-20(31-10-8-29-9-11-31)16-21(14-19)34-12-7-28/h2-6,13-16,29,33H,7-12,28H2,1H3,(H,30,32). The Morgan fingerprint density at radius 3 is 2.53 bits per heavy atom. The van der Waals surface area contributed by atoms with E-state index in [4.69, 9.17) is 10.5 Å². The van der Waals surface area contributed by atoms with Gasteiger partial charge in [-0.05, 0) is 35.4 Å². The number of hydrogen-bond donors (Lipinski definition) is 4. The summed E-state index contributed by atoms with van der Waals surface area (Å²) in [7, 11) is 0. The van der Waals surface area contributed by atoms with Crippen LogP contribution in [0.1, 0.15) is 6.92 Å². The van der Waals surface area contributed by atoms with Gasteiger partial charge < -0.3 is 31.1 Å². The van der Waals surface area contributed by atoms with Gasteiger partial charge in [-0.15, -0.1) is 0 Å². The van der Waals surface area contributed by atoms with Gasteiger partial charge in [0.05, 0.1) is 5.69 Å². The van der Waals surface area contributed by atoms with Crippen molar-refractivity contribution in [3.63, 3.8) is 0 Å². The number of anilines is 2. The first-order valence-electron chi connectivity index (χ1n) is 11.3. The molecule has 0 aromatic heterocycles. The summed E-state index contributed by atoms with van der Waals surface area (Å²) < 4.78 is 20.4. The molecule has 3 aromatic rings. The summed E-state index contributed by atoms with van der Waals surface area (Å²) in [5.41, 5.74) is 9.11. The van der Waals surface area contributed by atoms with E-state index in [1.807, 2.05) is 30.3 Å². The van der Waals surface area contributed by atoms with Crippen LogP contribution in [-0.4, -0.2) is 50.3 Å². The molecule has 1 saturated heterocycles. The van der Waals surface area contributed by atoms with Crippen molar-refractivity contribution in [2.75, 3.05) is 49.5 Å². The molecule has 0 aliphatic carbocycles. The molecule has 1 amide bonds. The molecule has 178 valence electrons. The molecule has 0 atom stereocenters. The number of halogens is 1. The fourth-order valence-electron chi connectivity index (χ4n) is 4.09. The zero-order valence-electron chi connectivity index (χ0n) is 19.1. The second-order valence-corrected chi connectivity index (χ2v) is 8.17. The first-order chi connectivity index (χ1) is 16.5. The van der Waals surface area contributed by atoms with Gasteiger partial charge in [0.25, 0.3) is 0 Å². The molecule has 0 spiro atoms. The third-order valence-electron chi connectivity index (χ3n) is 5.70. The minimum absolute atomic E-state index is 0.0383. The fourth-order valence-corrected chi connectivity index (χ4v) is 4.09. The molecule has 0 radical (unpaired) electrons. The second kappa shape index (κ2) is 10.5. The molecule has 1 fully saturated rings. The van der Waals surface area contributed by atoms with Gasteiger partial charge in [0.1, 0.15) is 23.9 Å². The van der Waals surface area contributed by atoms with Crippen LogP contribution < -0.4 is 26.0 Å². The van der Waals surface area contributed by atoms with E-state index in [-0.39, 0.29) is 17.3 Å². The van der Waals surface area contributed by atoms with Crippen molar-refractivity contribution in [3.8, 4) is 33.8 Å². The zero-order chi connectivity index (χ0) is 24.1. The molecule has 34 heavy (non-hydrogen) atoms. The number of ether oxygens (including phenoxy) is 1. The highest BCUT2D eigenvalue weighted by Gasteiger charge is 2.17. The largest absolute Gasteiger partial charge is 0.507 e. The van der Waals surface area contributed by atoms with E-state index in [9.17, 15) is 14.3 Å². The van der Waals surface area contributed by atoms with Gasteiger partial charge in [-0.3, -0.25) is 4.79 Å². The van der Waals surface area contributed by atoms with Crippen molar-refractivity contribution < 1.29 is 19.0 Å². The number of benzene rings is 3. The highest BCUT2D eigenvalue weighted by Crippen LogP contribution is 2.41. The lowest BCUT2D eigenvalue weighted by molar-refractivity contribution is -0.114. The number of rotatable bonds is 7. The lowest BCUT2D eigenvalue weighted by Gasteiger charge is -2.30. The highest BCUT2D eigenvalue weighted by molar-refractivity contribution is 5.90. The normalized spacial score (nSPS) is 13.6. The van der Waals surface area contributed by atoms with Crippen LogP contribution in [0.2, 0.25) is 0 Å². The topological polar surface area (TPSA) is 99.8 Å². The number of hydrogen-bond acceptors (Lipinski definition) is 6. The number of aromatic hydroxyl groups is 1. The van der Waals surface area contributed by atoms with Gasteiger partial charge >= 0.3 is 0 Å². The van der Waals surface area contributed by atoms with E-state index in [0.29, 0.717) is 35.6 Å². The van der Waals surface area contributed by atoms with E-state index in [0.717, 1.165) is 37.4 Å². The van der Waals surface area contributed by atoms with Crippen LogP contribution >= 0.6 is 0 Å². The lowest BCUT2D eigenvalue weighted by atomic mass is 9.96. The summed E-state index contributed by atoms with van der Waals surface area (Å²) in [4.78, 5) is 13.5. The average Bonchev–Trinajstić information content (AvgIpc) is 2.84. The fraction of sp³-hybridized carbons (Fsp3) is 0.269. The van der Waals surface area contributed by atoms with Crippen molar-refractivity contribution in [2.45, 2.75) is 6.92 Å². The monoisotopic (exact) mass is 464 g/mol. The second-order valence-electron chi connectivity index (χ2n) is 8.17. The maximum absolute atomic E-state index is 14.5. The molecule has 0 unspecified atom stereocenters. The van der Waals surface area contributed by atoms with Gasteiger partial charge in [-0.25, -0.2) is 4.39 Å². The summed E-state index contributed by atoms with van der Waals surface area (Å²) in [5.74, 6) is -0.215. The van der Waals surface area contributed by atoms with Gasteiger partial charge in [0, 0.05) is 62.5 Å². The Bertz CT molecular complexity index is 1180. The highest BCUT2D eigenvalue weighted by atomic mass is 19.1. The van der Waals surface area contributed by atoms with Gasteiger partial charge in [-0.2, -0.15) is 0 Å². The van der Waals surface area contributed by atoms with Crippen LogP contribution in [0.4, 0.5) is 15.8 Å². The number of nitrogens with two attached hydrogens (primary N) is 1. The Morgan fingerprint density at radius 2 is 1.85 bits per heavy atom. The number of piperazine rings is 1. The van der Waals surface area contributed by atoms with Crippen molar-refractivity contribution in [1.82, 2.24) is 5.32 Å². The average molecular weight is 465 g/mol. The van der Waals surface area contributed by atoms with E-state index in [2.05, 4.69) is 15.5 Å². The summed E-state index contributed by atoms with van der Waals surface area (Å²) in [5, 5.41) is 17.0. The van der Waals surface area contributed by atoms with E-state index in [1.165, 1.54) is 19.1 Å². The van der Waals surface area contributed by atoms with Crippen LogP contribution in [0.3, 0.4) is 0 Å². The third kappa shape index (κ3) is 5.30. The number of carbonyl (C=O) groups excluding carboxylic acids is 1. The number of nitrogens with one attached hydrogen (secondary N) is 2. The summed E-state index contributed by atoms with van der Waals surface area (Å²) >= 11 is 0. The molecule has 4 rings (SSSR count). The van der Waals surface area contributed by atoms with Crippen molar-refractivity contribution in [3.05, 3.63) is 60.4 Å². The maximum Gasteiger partial charge on any atom is 0.221 e. The third-order valence-corrected chi connectivity index (χ3v) is 5.70. The maximum atomic E-state index is 14.5. The number of para-hydroxylation sites is 1. The number of phenolic OH excluding ortho intramolecular Hbond substituents is 1. The Balaban J connectivity index is 1.74. The first-order valence-corrected chi connectivity index (χ1v) is 11.3. The minimum Gasteiger partial charge on any atom is -0.507 e. The predicted molar refractivity (Wildman–Crippen MR) is 133 cm³/mol. The van der Waals surface area contributed by atoms with E-state index in [1.54, 1.807) is 12.1 Å². The van der Waals surface area contributed by atoms with Crippen molar-refractivity contribution in [2.24, 2.45) is 5.73 Å². The van der Waals surface area contributed by atoms with E-state index < -0.39 is 5.82 Å². The van der Waals surface area contributed by atoms with Crippen LogP contribution in [0, 0.1) is 5.82 Å². The number of nitrogens with zero attached hydrogens (tertiary/aromatic N) is 1. The molecule has 5 N–H and O–H groups in total.